The fourth-order valence-electron chi connectivity index (χ4n) is 3.28. The van der Waals surface area contributed by atoms with E-state index in [2.05, 4.69) is 28.1 Å². The first-order valence-electron chi connectivity index (χ1n) is 10.0. The van der Waals surface area contributed by atoms with E-state index in [9.17, 15) is 4.79 Å². The molecule has 3 aromatic carbocycles. The molecule has 0 saturated carbocycles. The second kappa shape index (κ2) is 9.61. The summed E-state index contributed by atoms with van der Waals surface area (Å²) >= 11 is 0. The molecule has 4 nitrogen and oxygen atoms in total. The van der Waals surface area contributed by atoms with Gasteiger partial charge in [-0.1, -0.05) is 60.7 Å². The first-order chi connectivity index (χ1) is 14.8. The van der Waals surface area contributed by atoms with Crippen molar-refractivity contribution in [3.8, 4) is 5.75 Å². The zero-order valence-electron chi connectivity index (χ0n) is 16.7. The van der Waals surface area contributed by atoms with E-state index in [4.69, 9.17) is 4.74 Å². The molecule has 0 spiro atoms. The van der Waals surface area contributed by atoms with E-state index in [0.29, 0.717) is 13.2 Å². The van der Waals surface area contributed by atoms with Gasteiger partial charge in [0.25, 0.3) is 0 Å². The SMILES string of the molecule is O=C(/C=C/c1ccc(OCc2ccccc2)cc1)NCCn1ccc2ccccc21. The largest absolute Gasteiger partial charge is 0.489 e. The molecule has 4 heteroatoms. The maximum absolute atomic E-state index is 12.1. The average molecular weight is 396 g/mol. The molecular formula is C26H24N2O2. The van der Waals surface area contributed by atoms with Crippen LogP contribution in [0.1, 0.15) is 11.1 Å². The lowest BCUT2D eigenvalue weighted by atomic mass is 10.2. The number of nitrogens with one attached hydrogen (secondary N) is 1. The van der Waals surface area contributed by atoms with Gasteiger partial charge in [-0.15, -0.1) is 0 Å². The predicted octanol–water partition coefficient (Wildman–Crippen LogP) is 5.05. The fourth-order valence-corrected chi connectivity index (χ4v) is 3.28. The van der Waals surface area contributed by atoms with Crippen molar-refractivity contribution in [1.29, 1.82) is 0 Å². The third kappa shape index (κ3) is 5.17. The Morgan fingerprint density at radius 2 is 1.67 bits per heavy atom. The number of benzene rings is 3. The van der Waals surface area contributed by atoms with Crippen LogP contribution in [-0.4, -0.2) is 17.0 Å². The van der Waals surface area contributed by atoms with Crippen LogP contribution < -0.4 is 10.1 Å². The summed E-state index contributed by atoms with van der Waals surface area (Å²) in [5.74, 6) is 0.704. The Labute approximate surface area is 176 Å². The number of carbonyl (C=O) groups is 1. The predicted molar refractivity (Wildman–Crippen MR) is 121 cm³/mol. The van der Waals surface area contributed by atoms with Gasteiger partial charge in [0.2, 0.25) is 5.91 Å². The van der Waals surface area contributed by atoms with Gasteiger partial charge in [-0.3, -0.25) is 4.79 Å². The van der Waals surface area contributed by atoms with Crippen LogP contribution in [0.2, 0.25) is 0 Å². The molecule has 0 aliphatic rings. The molecule has 4 rings (SSSR count). The lowest BCUT2D eigenvalue weighted by Crippen LogP contribution is -2.25. The second-order valence-electron chi connectivity index (χ2n) is 7.04. The monoisotopic (exact) mass is 396 g/mol. The molecule has 1 aromatic heterocycles. The Balaban J connectivity index is 1.23. The highest BCUT2D eigenvalue weighted by molar-refractivity contribution is 5.91. The summed E-state index contributed by atoms with van der Waals surface area (Å²) in [6, 6.07) is 28.1. The Morgan fingerprint density at radius 3 is 2.50 bits per heavy atom. The molecule has 0 unspecified atom stereocenters. The molecule has 0 radical (unpaired) electrons. The zero-order valence-corrected chi connectivity index (χ0v) is 16.7. The van der Waals surface area contributed by atoms with Crippen LogP contribution in [0.15, 0.2) is 97.2 Å². The van der Waals surface area contributed by atoms with Crippen LogP contribution in [0.25, 0.3) is 17.0 Å². The molecule has 4 aromatic rings. The Kier molecular flexibility index (Phi) is 6.25. The minimum atomic E-state index is -0.101. The van der Waals surface area contributed by atoms with Gasteiger partial charge in [0.05, 0.1) is 0 Å². The number of carbonyl (C=O) groups excluding carboxylic acids is 1. The average Bonchev–Trinajstić information content (AvgIpc) is 3.21. The summed E-state index contributed by atoms with van der Waals surface area (Å²) in [4.78, 5) is 12.1. The number of para-hydroxylation sites is 1. The Morgan fingerprint density at radius 1 is 0.900 bits per heavy atom. The molecule has 0 aliphatic carbocycles. The molecule has 150 valence electrons. The van der Waals surface area contributed by atoms with Gasteiger partial charge in [-0.2, -0.15) is 0 Å². The maximum atomic E-state index is 12.1. The zero-order chi connectivity index (χ0) is 20.6. The van der Waals surface area contributed by atoms with Crippen molar-refractivity contribution < 1.29 is 9.53 Å². The molecule has 0 aliphatic heterocycles. The minimum Gasteiger partial charge on any atom is -0.489 e. The molecule has 0 bridgehead atoms. The number of ether oxygens (including phenoxy) is 1. The van der Waals surface area contributed by atoms with Crippen molar-refractivity contribution in [1.82, 2.24) is 9.88 Å². The van der Waals surface area contributed by atoms with Crippen LogP contribution in [0.3, 0.4) is 0 Å². The summed E-state index contributed by atoms with van der Waals surface area (Å²) in [5, 5.41) is 4.14. The summed E-state index contributed by atoms with van der Waals surface area (Å²) < 4.78 is 7.93. The fraction of sp³-hybridized carbons (Fsp3) is 0.115. The first-order valence-corrected chi connectivity index (χ1v) is 10.0. The number of rotatable bonds is 8. The van der Waals surface area contributed by atoms with Crippen LogP contribution in [0.4, 0.5) is 0 Å². The topological polar surface area (TPSA) is 43.3 Å². The van der Waals surface area contributed by atoms with Gasteiger partial charge < -0.3 is 14.6 Å². The maximum Gasteiger partial charge on any atom is 0.244 e. The molecular weight excluding hydrogens is 372 g/mol. The van der Waals surface area contributed by atoms with Crippen LogP contribution in [-0.2, 0) is 17.9 Å². The number of hydrogen-bond donors (Lipinski definition) is 1. The number of aromatic nitrogens is 1. The summed E-state index contributed by atoms with van der Waals surface area (Å²) in [6.07, 6.45) is 5.42. The van der Waals surface area contributed by atoms with Crippen molar-refractivity contribution in [3.63, 3.8) is 0 Å². The van der Waals surface area contributed by atoms with Crippen LogP contribution in [0.5, 0.6) is 5.75 Å². The van der Waals surface area contributed by atoms with Crippen molar-refractivity contribution in [3.05, 3.63) is 108 Å². The molecule has 0 atom stereocenters. The third-order valence-corrected chi connectivity index (χ3v) is 4.89. The molecule has 1 heterocycles. The van der Waals surface area contributed by atoms with Crippen molar-refractivity contribution in [2.45, 2.75) is 13.2 Å². The lowest BCUT2D eigenvalue weighted by Gasteiger charge is -2.07. The molecule has 1 amide bonds. The van der Waals surface area contributed by atoms with Gasteiger partial charge in [0.15, 0.2) is 0 Å². The van der Waals surface area contributed by atoms with E-state index in [1.54, 1.807) is 12.2 Å². The van der Waals surface area contributed by atoms with Crippen molar-refractivity contribution in [2.24, 2.45) is 0 Å². The quantitative estimate of drug-likeness (QED) is 0.424. The van der Waals surface area contributed by atoms with Gasteiger partial charge in [-0.05, 0) is 46.9 Å². The van der Waals surface area contributed by atoms with Gasteiger partial charge in [-0.25, -0.2) is 0 Å². The highest BCUT2D eigenvalue weighted by Crippen LogP contribution is 2.16. The molecule has 0 saturated heterocycles. The van der Waals surface area contributed by atoms with Gasteiger partial charge >= 0.3 is 0 Å². The summed E-state index contributed by atoms with van der Waals surface area (Å²) in [7, 11) is 0. The molecule has 1 N–H and O–H groups in total. The van der Waals surface area contributed by atoms with Crippen LogP contribution >= 0.6 is 0 Å². The Hall–Kier alpha value is -3.79. The smallest absolute Gasteiger partial charge is 0.244 e. The number of fused-ring (bicyclic) bond motifs is 1. The Bertz CT molecular complexity index is 1130. The van der Waals surface area contributed by atoms with E-state index in [1.807, 2.05) is 72.9 Å². The van der Waals surface area contributed by atoms with Crippen molar-refractivity contribution >= 4 is 22.9 Å². The highest BCUT2D eigenvalue weighted by atomic mass is 16.5. The summed E-state index contributed by atoms with van der Waals surface area (Å²) in [5.41, 5.74) is 3.26. The highest BCUT2D eigenvalue weighted by Gasteiger charge is 2.01. The van der Waals surface area contributed by atoms with Crippen molar-refractivity contribution in [2.75, 3.05) is 6.54 Å². The number of amides is 1. The lowest BCUT2D eigenvalue weighted by molar-refractivity contribution is -0.116. The van der Waals surface area contributed by atoms with E-state index in [1.165, 1.54) is 10.9 Å². The standard InChI is InChI=1S/C26H24N2O2/c29-26(27-17-19-28-18-16-23-8-4-5-9-25(23)28)15-12-21-10-13-24(14-11-21)30-20-22-6-2-1-3-7-22/h1-16,18H,17,19-20H2,(H,27,29)/b15-12+. The minimum absolute atomic E-state index is 0.101. The number of nitrogens with zero attached hydrogens (tertiary/aromatic N) is 1. The molecule has 30 heavy (non-hydrogen) atoms. The van der Waals surface area contributed by atoms with E-state index >= 15 is 0 Å². The van der Waals surface area contributed by atoms with Crippen LogP contribution in [0, 0.1) is 0 Å². The molecule has 0 fully saturated rings. The summed E-state index contributed by atoms with van der Waals surface area (Å²) in [6.45, 7) is 1.85. The third-order valence-electron chi connectivity index (χ3n) is 4.89. The second-order valence-corrected chi connectivity index (χ2v) is 7.04. The van der Waals surface area contributed by atoms with Gasteiger partial charge in [0, 0.05) is 30.9 Å². The van der Waals surface area contributed by atoms with Gasteiger partial charge in [0.1, 0.15) is 12.4 Å². The van der Waals surface area contributed by atoms with E-state index in [-0.39, 0.29) is 5.91 Å². The number of hydrogen-bond acceptors (Lipinski definition) is 2. The van der Waals surface area contributed by atoms with E-state index < -0.39 is 0 Å². The van der Waals surface area contributed by atoms with E-state index in [0.717, 1.165) is 23.4 Å². The first kappa shape index (κ1) is 19.5. The normalized spacial score (nSPS) is 11.1.